The van der Waals surface area contributed by atoms with E-state index in [1.807, 2.05) is 29.2 Å². The summed E-state index contributed by atoms with van der Waals surface area (Å²) in [6.07, 6.45) is 2.06. The molecular weight excluding hydrogens is 340 g/mol. The summed E-state index contributed by atoms with van der Waals surface area (Å²) in [6, 6.07) is 16.3. The first-order valence-corrected chi connectivity index (χ1v) is 8.33. The fraction of sp³-hybridized carbons (Fsp3) is 0.278. The standard InChI is InChI=1S/C18H19BrN2O/c1-13-8-10-14(11-9-13)17-7-4-12-21(17)18(22)20-16-6-3-2-5-15(16)19/h2-3,5-6,8-11,17H,4,7,12H2,1H3,(H,20,22)/t17-/m1/s1. The van der Waals surface area contributed by atoms with Crippen molar-refractivity contribution in [2.75, 3.05) is 11.9 Å². The van der Waals surface area contributed by atoms with Crippen LogP contribution >= 0.6 is 15.9 Å². The Morgan fingerprint density at radius 1 is 1.18 bits per heavy atom. The summed E-state index contributed by atoms with van der Waals surface area (Å²) < 4.78 is 0.898. The molecule has 0 saturated carbocycles. The van der Waals surface area contributed by atoms with Crippen LogP contribution in [-0.4, -0.2) is 17.5 Å². The lowest BCUT2D eigenvalue weighted by Gasteiger charge is -2.25. The lowest BCUT2D eigenvalue weighted by molar-refractivity contribution is 0.207. The van der Waals surface area contributed by atoms with Gasteiger partial charge in [0.1, 0.15) is 0 Å². The van der Waals surface area contributed by atoms with E-state index in [9.17, 15) is 4.79 Å². The van der Waals surface area contributed by atoms with Crippen LogP contribution in [0.25, 0.3) is 0 Å². The molecule has 3 nitrogen and oxygen atoms in total. The maximum absolute atomic E-state index is 12.6. The van der Waals surface area contributed by atoms with Gasteiger partial charge in [0.05, 0.1) is 11.7 Å². The molecule has 2 aromatic carbocycles. The average molecular weight is 359 g/mol. The van der Waals surface area contributed by atoms with Gasteiger partial charge in [0.2, 0.25) is 0 Å². The van der Waals surface area contributed by atoms with Gasteiger partial charge in [-0.15, -0.1) is 0 Å². The van der Waals surface area contributed by atoms with Crippen molar-refractivity contribution in [3.8, 4) is 0 Å². The van der Waals surface area contributed by atoms with E-state index < -0.39 is 0 Å². The van der Waals surface area contributed by atoms with E-state index in [4.69, 9.17) is 0 Å². The topological polar surface area (TPSA) is 32.3 Å². The third-order valence-corrected chi connectivity index (χ3v) is 4.78. The Morgan fingerprint density at radius 2 is 1.91 bits per heavy atom. The lowest BCUT2D eigenvalue weighted by Crippen LogP contribution is -2.34. The number of nitrogens with one attached hydrogen (secondary N) is 1. The number of carbonyl (C=O) groups excluding carboxylic acids is 1. The highest BCUT2D eigenvalue weighted by Crippen LogP contribution is 2.33. The van der Waals surface area contributed by atoms with Crippen LogP contribution in [0.15, 0.2) is 53.0 Å². The number of likely N-dealkylation sites (tertiary alicyclic amines) is 1. The van der Waals surface area contributed by atoms with E-state index in [2.05, 4.69) is 52.4 Å². The maximum atomic E-state index is 12.6. The smallest absolute Gasteiger partial charge is 0.317 e. The molecule has 0 bridgehead atoms. The average Bonchev–Trinajstić information content (AvgIpc) is 3.00. The number of nitrogens with zero attached hydrogens (tertiary/aromatic N) is 1. The van der Waals surface area contributed by atoms with Gasteiger partial charge >= 0.3 is 6.03 Å². The second-order valence-corrected chi connectivity index (χ2v) is 6.53. The molecule has 2 amide bonds. The molecular formula is C18H19BrN2O. The van der Waals surface area contributed by atoms with E-state index in [0.717, 1.165) is 29.5 Å². The van der Waals surface area contributed by atoms with Crippen LogP contribution in [-0.2, 0) is 0 Å². The summed E-state index contributed by atoms with van der Waals surface area (Å²) in [5.74, 6) is 0. The first-order chi connectivity index (χ1) is 10.6. The van der Waals surface area contributed by atoms with E-state index >= 15 is 0 Å². The highest BCUT2D eigenvalue weighted by atomic mass is 79.9. The number of amides is 2. The number of hydrogen-bond acceptors (Lipinski definition) is 1. The number of carbonyl (C=O) groups is 1. The lowest BCUT2D eigenvalue weighted by atomic mass is 10.0. The zero-order chi connectivity index (χ0) is 15.5. The molecule has 22 heavy (non-hydrogen) atoms. The van der Waals surface area contributed by atoms with Crippen LogP contribution in [0.4, 0.5) is 10.5 Å². The minimum Gasteiger partial charge on any atom is -0.317 e. The molecule has 0 radical (unpaired) electrons. The van der Waals surface area contributed by atoms with Gasteiger partial charge < -0.3 is 10.2 Å². The predicted octanol–water partition coefficient (Wildman–Crippen LogP) is 5.13. The number of aryl methyl sites for hydroxylation is 1. The minimum atomic E-state index is -0.0324. The second-order valence-electron chi connectivity index (χ2n) is 5.67. The summed E-state index contributed by atoms with van der Waals surface area (Å²) in [5.41, 5.74) is 3.26. The Kier molecular flexibility index (Phi) is 4.48. The summed E-state index contributed by atoms with van der Waals surface area (Å²) in [4.78, 5) is 14.5. The number of anilines is 1. The highest BCUT2D eigenvalue weighted by Gasteiger charge is 2.30. The minimum absolute atomic E-state index is 0.0324. The van der Waals surface area contributed by atoms with Crippen LogP contribution in [0.1, 0.15) is 30.0 Å². The van der Waals surface area contributed by atoms with Crippen molar-refractivity contribution in [3.05, 3.63) is 64.1 Å². The van der Waals surface area contributed by atoms with Crippen molar-refractivity contribution in [2.24, 2.45) is 0 Å². The Balaban J connectivity index is 1.76. The number of urea groups is 1. The first kappa shape index (κ1) is 15.1. The van der Waals surface area contributed by atoms with Gasteiger partial charge in [0, 0.05) is 11.0 Å². The van der Waals surface area contributed by atoms with Crippen molar-refractivity contribution in [3.63, 3.8) is 0 Å². The second kappa shape index (κ2) is 6.53. The van der Waals surface area contributed by atoms with E-state index in [1.165, 1.54) is 11.1 Å². The van der Waals surface area contributed by atoms with Crippen LogP contribution < -0.4 is 5.32 Å². The number of hydrogen-bond donors (Lipinski definition) is 1. The molecule has 1 fully saturated rings. The van der Waals surface area contributed by atoms with Crippen LogP contribution in [0.5, 0.6) is 0 Å². The molecule has 1 aliphatic rings. The molecule has 114 valence electrons. The monoisotopic (exact) mass is 358 g/mol. The molecule has 1 N–H and O–H groups in total. The molecule has 1 aliphatic heterocycles. The number of halogens is 1. The number of para-hydroxylation sites is 1. The Hall–Kier alpha value is -1.81. The molecule has 2 aromatic rings. The molecule has 0 unspecified atom stereocenters. The van der Waals surface area contributed by atoms with Crippen molar-refractivity contribution >= 4 is 27.6 Å². The van der Waals surface area contributed by atoms with Crippen LogP contribution in [0.2, 0.25) is 0 Å². The van der Waals surface area contributed by atoms with Gasteiger partial charge in [-0.1, -0.05) is 42.0 Å². The Bertz CT molecular complexity index is 669. The largest absolute Gasteiger partial charge is 0.322 e. The quantitative estimate of drug-likeness (QED) is 0.792. The molecule has 0 aromatic heterocycles. The fourth-order valence-electron chi connectivity index (χ4n) is 2.89. The molecule has 0 spiro atoms. The summed E-state index contributed by atoms with van der Waals surface area (Å²) in [5, 5.41) is 3.00. The fourth-order valence-corrected chi connectivity index (χ4v) is 3.28. The van der Waals surface area contributed by atoms with Gasteiger partial charge in [-0.25, -0.2) is 4.79 Å². The zero-order valence-electron chi connectivity index (χ0n) is 12.6. The van der Waals surface area contributed by atoms with Crippen molar-refractivity contribution in [1.82, 2.24) is 4.90 Å². The first-order valence-electron chi connectivity index (χ1n) is 7.54. The number of benzene rings is 2. The van der Waals surface area contributed by atoms with Crippen LogP contribution in [0, 0.1) is 6.92 Å². The third kappa shape index (κ3) is 3.17. The molecule has 1 heterocycles. The summed E-state index contributed by atoms with van der Waals surface area (Å²) in [6.45, 7) is 2.88. The summed E-state index contributed by atoms with van der Waals surface area (Å²) in [7, 11) is 0. The van der Waals surface area contributed by atoms with Gasteiger partial charge in [0.15, 0.2) is 0 Å². The van der Waals surface area contributed by atoms with Crippen molar-refractivity contribution < 1.29 is 4.79 Å². The van der Waals surface area contributed by atoms with Gasteiger partial charge in [-0.05, 0) is 53.4 Å². The molecule has 1 saturated heterocycles. The van der Waals surface area contributed by atoms with Gasteiger partial charge in [0.25, 0.3) is 0 Å². The summed E-state index contributed by atoms with van der Waals surface area (Å²) >= 11 is 3.47. The Labute approximate surface area is 139 Å². The van der Waals surface area contributed by atoms with Crippen molar-refractivity contribution in [2.45, 2.75) is 25.8 Å². The van der Waals surface area contributed by atoms with E-state index in [1.54, 1.807) is 0 Å². The highest BCUT2D eigenvalue weighted by molar-refractivity contribution is 9.10. The normalized spacial score (nSPS) is 17.5. The van der Waals surface area contributed by atoms with Gasteiger partial charge in [-0.2, -0.15) is 0 Å². The molecule has 0 aliphatic carbocycles. The van der Waals surface area contributed by atoms with Crippen LogP contribution in [0.3, 0.4) is 0 Å². The predicted molar refractivity (Wildman–Crippen MR) is 93.0 cm³/mol. The third-order valence-electron chi connectivity index (χ3n) is 4.09. The SMILES string of the molecule is Cc1ccc([C@H]2CCCN2C(=O)Nc2ccccc2Br)cc1. The molecule has 4 heteroatoms. The Morgan fingerprint density at radius 3 is 2.64 bits per heavy atom. The maximum Gasteiger partial charge on any atom is 0.322 e. The zero-order valence-corrected chi connectivity index (χ0v) is 14.1. The van der Waals surface area contributed by atoms with E-state index in [-0.39, 0.29) is 12.1 Å². The number of rotatable bonds is 2. The van der Waals surface area contributed by atoms with E-state index in [0.29, 0.717) is 0 Å². The van der Waals surface area contributed by atoms with Gasteiger partial charge in [-0.3, -0.25) is 0 Å². The van der Waals surface area contributed by atoms with Crippen molar-refractivity contribution in [1.29, 1.82) is 0 Å². The molecule has 1 atom stereocenters. The molecule has 3 rings (SSSR count).